The number of nitrogens with one attached hydrogen (secondary N) is 1. The van der Waals surface area contributed by atoms with E-state index in [1.54, 1.807) is 0 Å². The molecule has 1 fully saturated rings. The Balaban J connectivity index is 2.12. The van der Waals surface area contributed by atoms with Crippen LogP contribution in [0.25, 0.3) is 0 Å². The van der Waals surface area contributed by atoms with Crippen LogP contribution in [0.1, 0.15) is 35.4 Å². The summed E-state index contributed by atoms with van der Waals surface area (Å²) in [5.41, 5.74) is -0.140. The van der Waals surface area contributed by atoms with Crippen molar-refractivity contribution in [2.24, 2.45) is 0 Å². The van der Waals surface area contributed by atoms with Crippen LogP contribution in [-0.2, 0) is 10.0 Å². The molecular formula is C13H20N2O4S2. The summed E-state index contributed by atoms with van der Waals surface area (Å²) in [6.45, 7) is 0.348. The van der Waals surface area contributed by atoms with E-state index in [0.29, 0.717) is 6.54 Å². The molecule has 2 rings (SSSR count). The Labute approximate surface area is 128 Å². The number of rotatable bonds is 6. The number of carboxylic acids is 1. The minimum Gasteiger partial charge on any atom is -0.477 e. The normalized spacial score (nSPS) is 18.2. The Morgan fingerprint density at radius 3 is 2.52 bits per heavy atom. The highest BCUT2D eigenvalue weighted by molar-refractivity contribution is 7.89. The summed E-state index contributed by atoms with van der Waals surface area (Å²) in [6, 6.07) is 1.20. The summed E-state index contributed by atoms with van der Waals surface area (Å²) in [7, 11) is 0.268. The largest absolute Gasteiger partial charge is 0.477 e. The second kappa shape index (κ2) is 6.04. The van der Waals surface area contributed by atoms with Crippen LogP contribution in [0.3, 0.4) is 0 Å². The molecule has 0 bridgehead atoms. The molecule has 1 aromatic heterocycles. The standard InChI is InChI=1S/C13H20N2O4S2/c1-15(2)13(5-3-4-6-13)9-14-21(18,19)10-7-11(12(16)17)20-8-10/h7-8,14H,3-6,9H2,1-2H3,(H,16,17). The van der Waals surface area contributed by atoms with Gasteiger partial charge in [0, 0.05) is 17.5 Å². The van der Waals surface area contributed by atoms with Crippen LogP contribution < -0.4 is 4.72 Å². The van der Waals surface area contributed by atoms with Crippen molar-refractivity contribution in [2.75, 3.05) is 20.6 Å². The first-order valence-electron chi connectivity index (χ1n) is 6.76. The van der Waals surface area contributed by atoms with Crippen LogP contribution in [0.4, 0.5) is 0 Å². The summed E-state index contributed by atoms with van der Waals surface area (Å²) in [5, 5.41) is 10.2. The van der Waals surface area contributed by atoms with E-state index in [4.69, 9.17) is 5.11 Å². The Morgan fingerprint density at radius 1 is 1.43 bits per heavy atom. The van der Waals surface area contributed by atoms with Crippen LogP contribution in [0.2, 0.25) is 0 Å². The van der Waals surface area contributed by atoms with Crippen LogP contribution in [0.5, 0.6) is 0 Å². The van der Waals surface area contributed by atoms with Gasteiger partial charge >= 0.3 is 5.97 Å². The Morgan fingerprint density at radius 2 is 2.05 bits per heavy atom. The predicted molar refractivity (Wildman–Crippen MR) is 81.4 cm³/mol. The Kier molecular flexibility index (Phi) is 4.72. The molecule has 0 unspecified atom stereocenters. The smallest absolute Gasteiger partial charge is 0.345 e. The zero-order valence-electron chi connectivity index (χ0n) is 12.1. The third kappa shape index (κ3) is 3.45. The van der Waals surface area contributed by atoms with E-state index in [1.807, 2.05) is 14.1 Å². The minimum absolute atomic E-state index is 0.0248. The van der Waals surface area contributed by atoms with Crippen molar-refractivity contribution >= 4 is 27.3 Å². The van der Waals surface area contributed by atoms with Crippen LogP contribution in [-0.4, -0.2) is 50.6 Å². The molecule has 118 valence electrons. The molecule has 2 N–H and O–H groups in total. The molecule has 6 nitrogen and oxygen atoms in total. The highest BCUT2D eigenvalue weighted by Crippen LogP contribution is 2.33. The average Bonchev–Trinajstić information content (AvgIpc) is 3.07. The van der Waals surface area contributed by atoms with Gasteiger partial charge < -0.3 is 10.0 Å². The maximum atomic E-state index is 12.3. The molecule has 1 aliphatic carbocycles. The fourth-order valence-corrected chi connectivity index (χ4v) is 4.93. The van der Waals surface area contributed by atoms with Gasteiger partial charge in [-0.15, -0.1) is 11.3 Å². The van der Waals surface area contributed by atoms with Crippen molar-refractivity contribution < 1.29 is 18.3 Å². The lowest BCUT2D eigenvalue weighted by Gasteiger charge is -2.36. The molecule has 0 saturated heterocycles. The first-order valence-corrected chi connectivity index (χ1v) is 9.12. The third-order valence-electron chi connectivity index (χ3n) is 4.17. The van der Waals surface area contributed by atoms with Crippen molar-refractivity contribution in [3.8, 4) is 0 Å². The van der Waals surface area contributed by atoms with Crippen molar-refractivity contribution in [3.63, 3.8) is 0 Å². The van der Waals surface area contributed by atoms with Crippen molar-refractivity contribution in [3.05, 3.63) is 16.3 Å². The minimum atomic E-state index is -3.66. The lowest BCUT2D eigenvalue weighted by Crippen LogP contribution is -2.50. The maximum absolute atomic E-state index is 12.3. The number of sulfonamides is 1. The second-order valence-electron chi connectivity index (χ2n) is 5.60. The van der Waals surface area contributed by atoms with Gasteiger partial charge in [-0.05, 0) is 33.0 Å². The van der Waals surface area contributed by atoms with E-state index in [0.717, 1.165) is 37.0 Å². The first kappa shape index (κ1) is 16.4. The molecule has 0 aromatic carbocycles. The SMILES string of the molecule is CN(C)C1(CNS(=O)(=O)c2csc(C(=O)O)c2)CCCC1. The highest BCUT2D eigenvalue weighted by Gasteiger charge is 2.37. The molecule has 1 aliphatic rings. The van der Waals surface area contributed by atoms with E-state index in [-0.39, 0.29) is 15.3 Å². The number of likely N-dealkylation sites (N-methyl/N-ethyl adjacent to an activating group) is 1. The van der Waals surface area contributed by atoms with Gasteiger partial charge in [0.05, 0.1) is 4.90 Å². The summed E-state index contributed by atoms with van der Waals surface area (Å²) in [5.74, 6) is -1.11. The number of hydrogen-bond acceptors (Lipinski definition) is 5. The Bertz CT molecular complexity index is 616. The lowest BCUT2D eigenvalue weighted by molar-refractivity contribution is 0.0702. The van der Waals surface area contributed by atoms with Crippen molar-refractivity contribution in [1.29, 1.82) is 0 Å². The fraction of sp³-hybridized carbons (Fsp3) is 0.615. The number of thiophene rings is 1. The van der Waals surface area contributed by atoms with Crippen LogP contribution in [0.15, 0.2) is 16.3 Å². The van der Waals surface area contributed by atoms with Gasteiger partial charge in [-0.2, -0.15) is 0 Å². The monoisotopic (exact) mass is 332 g/mol. The van der Waals surface area contributed by atoms with E-state index in [9.17, 15) is 13.2 Å². The van der Waals surface area contributed by atoms with Gasteiger partial charge in [0.2, 0.25) is 10.0 Å². The zero-order chi connectivity index (χ0) is 15.7. The molecule has 0 spiro atoms. The third-order valence-corrected chi connectivity index (χ3v) is 6.62. The average molecular weight is 332 g/mol. The van der Waals surface area contributed by atoms with Crippen LogP contribution in [0, 0.1) is 0 Å². The summed E-state index contributed by atoms with van der Waals surface area (Å²) in [6.07, 6.45) is 4.13. The summed E-state index contributed by atoms with van der Waals surface area (Å²) >= 11 is 0.919. The van der Waals surface area contributed by atoms with Crippen LogP contribution >= 0.6 is 11.3 Å². The molecular weight excluding hydrogens is 312 g/mol. The second-order valence-corrected chi connectivity index (χ2v) is 8.28. The maximum Gasteiger partial charge on any atom is 0.345 e. The predicted octanol–water partition coefficient (Wildman–Crippen LogP) is 1.60. The number of nitrogens with zero attached hydrogens (tertiary/aromatic N) is 1. The molecule has 1 saturated carbocycles. The Hall–Kier alpha value is -0.960. The topological polar surface area (TPSA) is 86.7 Å². The summed E-state index contributed by atoms with van der Waals surface area (Å²) < 4.78 is 27.2. The number of carboxylic acid groups (broad SMARTS) is 1. The molecule has 0 radical (unpaired) electrons. The quantitative estimate of drug-likeness (QED) is 0.826. The number of hydrogen-bond donors (Lipinski definition) is 2. The molecule has 0 aliphatic heterocycles. The van der Waals surface area contributed by atoms with Gasteiger partial charge in [0.25, 0.3) is 0 Å². The van der Waals surface area contributed by atoms with E-state index < -0.39 is 16.0 Å². The number of carbonyl (C=O) groups is 1. The first-order chi connectivity index (χ1) is 9.77. The van der Waals surface area contributed by atoms with E-state index >= 15 is 0 Å². The van der Waals surface area contributed by atoms with E-state index in [1.165, 1.54) is 11.4 Å². The highest BCUT2D eigenvalue weighted by atomic mass is 32.2. The molecule has 21 heavy (non-hydrogen) atoms. The zero-order valence-corrected chi connectivity index (χ0v) is 13.8. The number of aromatic carboxylic acids is 1. The molecule has 1 heterocycles. The lowest BCUT2D eigenvalue weighted by atomic mass is 9.97. The molecule has 0 atom stereocenters. The summed E-state index contributed by atoms with van der Waals surface area (Å²) in [4.78, 5) is 13.0. The van der Waals surface area contributed by atoms with Gasteiger partial charge in [0.1, 0.15) is 4.88 Å². The van der Waals surface area contributed by atoms with Gasteiger partial charge in [-0.25, -0.2) is 17.9 Å². The molecule has 0 amide bonds. The van der Waals surface area contributed by atoms with Gasteiger partial charge in [0.15, 0.2) is 0 Å². The van der Waals surface area contributed by atoms with Crippen molar-refractivity contribution in [2.45, 2.75) is 36.1 Å². The fourth-order valence-electron chi connectivity index (χ4n) is 2.70. The molecule has 1 aromatic rings. The molecule has 8 heteroatoms. The van der Waals surface area contributed by atoms with Gasteiger partial charge in [-0.3, -0.25) is 0 Å². The van der Waals surface area contributed by atoms with Gasteiger partial charge in [-0.1, -0.05) is 12.8 Å². The van der Waals surface area contributed by atoms with Crippen molar-refractivity contribution in [1.82, 2.24) is 9.62 Å². The van der Waals surface area contributed by atoms with E-state index in [2.05, 4.69) is 9.62 Å².